The minimum atomic E-state index is -0.530. The van der Waals surface area contributed by atoms with E-state index >= 15 is 0 Å². The van der Waals surface area contributed by atoms with E-state index in [-0.39, 0.29) is 5.56 Å². The molecule has 1 nitrogen and oxygen atoms in total. The van der Waals surface area contributed by atoms with E-state index in [1.54, 1.807) is 18.4 Å². The molecule has 0 radical (unpaired) electrons. The van der Waals surface area contributed by atoms with E-state index in [2.05, 4.69) is 5.32 Å². The van der Waals surface area contributed by atoms with Crippen LogP contribution >= 0.6 is 11.3 Å². The summed E-state index contributed by atoms with van der Waals surface area (Å²) in [4.78, 5) is 0. The lowest BCUT2D eigenvalue weighted by Gasteiger charge is -2.19. The molecule has 1 atom stereocenters. The first-order chi connectivity index (χ1) is 9.72. The fraction of sp³-hybridized carbons (Fsp3) is 0.125. The van der Waals surface area contributed by atoms with Gasteiger partial charge in [0.05, 0.1) is 6.04 Å². The van der Waals surface area contributed by atoms with E-state index in [9.17, 15) is 8.78 Å². The molecule has 2 aromatic carbocycles. The van der Waals surface area contributed by atoms with Gasteiger partial charge in [0, 0.05) is 10.3 Å². The molecule has 1 N–H and O–H groups in total. The highest BCUT2D eigenvalue weighted by Gasteiger charge is 2.22. The zero-order valence-electron chi connectivity index (χ0n) is 10.9. The van der Waals surface area contributed by atoms with Crippen molar-refractivity contribution in [2.24, 2.45) is 0 Å². The number of benzene rings is 2. The summed E-state index contributed by atoms with van der Waals surface area (Å²) in [5, 5.41) is 6.10. The molecule has 1 heterocycles. The molecule has 0 bridgehead atoms. The summed E-state index contributed by atoms with van der Waals surface area (Å²) in [5.41, 5.74) is 0.958. The lowest BCUT2D eigenvalue weighted by Crippen LogP contribution is -2.20. The lowest BCUT2D eigenvalue weighted by molar-refractivity contribution is 0.523. The average Bonchev–Trinajstić information content (AvgIpc) is 2.91. The van der Waals surface area contributed by atoms with Gasteiger partial charge in [0.15, 0.2) is 0 Å². The van der Waals surface area contributed by atoms with Gasteiger partial charge in [0.25, 0.3) is 0 Å². The van der Waals surface area contributed by atoms with Crippen molar-refractivity contribution in [1.29, 1.82) is 0 Å². The molecule has 4 heteroatoms. The topological polar surface area (TPSA) is 12.0 Å². The Labute approximate surface area is 119 Å². The van der Waals surface area contributed by atoms with E-state index in [4.69, 9.17) is 0 Å². The van der Waals surface area contributed by atoms with Crippen molar-refractivity contribution in [3.63, 3.8) is 0 Å². The smallest absolute Gasteiger partial charge is 0.131 e. The summed E-state index contributed by atoms with van der Waals surface area (Å²) in [5.74, 6) is -1.06. The van der Waals surface area contributed by atoms with Gasteiger partial charge in [-0.25, -0.2) is 8.78 Å². The van der Waals surface area contributed by atoms with Crippen molar-refractivity contribution in [2.75, 3.05) is 7.05 Å². The average molecular weight is 289 g/mol. The first kappa shape index (κ1) is 13.2. The van der Waals surface area contributed by atoms with Crippen LogP contribution in [0.15, 0.2) is 47.8 Å². The van der Waals surface area contributed by atoms with Crippen LogP contribution in [0, 0.1) is 11.6 Å². The zero-order valence-corrected chi connectivity index (χ0v) is 11.7. The number of hydrogen-bond acceptors (Lipinski definition) is 2. The van der Waals surface area contributed by atoms with Crippen LogP contribution in [0.4, 0.5) is 8.78 Å². The molecule has 0 saturated heterocycles. The van der Waals surface area contributed by atoms with Gasteiger partial charge in [0.2, 0.25) is 0 Å². The first-order valence-corrected chi connectivity index (χ1v) is 7.17. The highest BCUT2D eigenvalue weighted by Crippen LogP contribution is 2.34. The summed E-state index contributed by atoms with van der Waals surface area (Å²) < 4.78 is 29.1. The fourth-order valence-corrected chi connectivity index (χ4v) is 3.43. The monoisotopic (exact) mass is 289 g/mol. The van der Waals surface area contributed by atoms with Crippen LogP contribution in [-0.2, 0) is 0 Å². The Morgan fingerprint density at radius 2 is 1.70 bits per heavy atom. The predicted molar refractivity (Wildman–Crippen MR) is 79.1 cm³/mol. The van der Waals surface area contributed by atoms with Gasteiger partial charge in [-0.2, -0.15) is 0 Å². The van der Waals surface area contributed by atoms with Gasteiger partial charge < -0.3 is 5.32 Å². The molecule has 0 aliphatic carbocycles. The molecular weight excluding hydrogens is 276 g/mol. The largest absolute Gasteiger partial charge is 0.309 e. The number of thiophene rings is 1. The highest BCUT2D eigenvalue weighted by atomic mass is 32.1. The van der Waals surface area contributed by atoms with Crippen molar-refractivity contribution in [3.05, 3.63) is 70.6 Å². The molecule has 1 unspecified atom stereocenters. The zero-order chi connectivity index (χ0) is 14.1. The Balaban J connectivity index is 2.22. The normalized spacial score (nSPS) is 12.8. The van der Waals surface area contributed by atoms with Crippen molar-refractivity contribution >= 4 is 21.4 Å². The molecule has 3 rings (SSSR count). The van der Waals surface area contributed by atoms with Crippen molar-refractivity contribution in [2.45, 2.75) is 6.04 Å². The quantitative estimate of drug-likeness (QED) is 0.749. The molecule has 1 aromatic heterocycles. The Bertz CT molecular complexity index is 731. The van der Waals surface area contributed by atoms with E-state index in [0.29, 0.717) is 0 Å². The second-order valence-electron chi connectivity index (χ2n) is 4.54. The third kappa shape index (κ3) is 2.11. The van der Waals surface area contributed by atoms with Gasteiger partial charge in [-0.3, -0.25) is 0 Å². The number of nitrogens with one attached hydrogen (secondary N) is 1. The van der Waals surface area contributed by atoms with E-state index in [1.807, 2.05) is 29.6 Å². The van der Waals surface area contributed by atoms with Gasteiger partial charge in [-0.05, 0) is 41.6 Å². The summed E-state index contributed by atoms with van der Waals surface area (Å²) in [6, 6.07) is 11.3. The van der Waals surface area contributed by atoms with Crippen molar-refractivity contribution < 1.29 is 8.78 Å². The van der Waals surface area contributed by atoms with Crippen molar-refractivity contribution in [1.82, 2.24) is 5.32 Å². The van der Waals surface area contributed by atoms with E-state index in [1.165, 1.54) is 18.2 Å². The van der Waals surface area contributed by atoms with Gasteiger partial charge >= 0.3 is 0 Å². The second kappa shape index (κ2) is 5.31. The molecule has 0 amide bonds. The minimum Gasteiger partial charge on any atom is -0.309 e. The third-order valence-electron chi connectivity index (χ3n) is 3.40. The van der Waals surface area contributed by atoms with Gasteiger partial charge in [-0.1, -0.05) is 24.3 Å². The van der Waals surface area contributed by atoms with Crippen LogP contribution in [0.25, 0.3) is 10.1 Å². The van der Waals surface area contributed by atoms with Crippen LogP contribution in [0.3, 0.4) is 0 Å². The Morgan fingerprint density at radius 3 is 2.40 bits per heavy atom. The van der Waals surface area contributed by atoms with Gasteiger partial charge in [0.1, 0.15) is 11.6 Å². The fourth-order valence-electron chi connectivity index (χ4n) is 2.49. The maximum absolute atomic E-state index is 14.0. The highest BCUT2D eigenvalue weighted by molar-refractivity contribution is 7.17. The number of fused-ring (bicyclic) bond motifs is 1. The molecule has 0 fully saturated rings. The number of halogens is 2. The summed E-state index contributed by atoms with van der Waals surface area (Å²) in [7, 11) is 1.71. The van der Waals surface area contributed by atoms with Crippen LogP contribution in [0.2, 0.25) is 0 Å². The lowest BCUT2D eigenvalue weighted by atomic mass is 9.97. The maximum Gasteiger partial charge on any atom is 0.131 e. The Morgan fingerprint density at radius 1 is 1.00 bits per heavy atom. The van der Waals surface area contributed by atoms with Crippen LogP contribution in [0.1, 0.15) is 17.2 Å². The van der Waals surface area contributed by atoms with E-state index in [0.717, 1.165) is 15.6 Å². The summed E-state index contributed by atoms with van der Waals surface area (Å²) in [6.45, 7) is 0. The Kier molecular flexibility index (Phi) is 3.51. The van der Waals surface area contributed by atoms with Crippen LogP contribution in [0.5, 0.6) is 0 Å². The summed E-state index contributed by atoms with van der Waals surface area (Å²) in [6.07, 6.45) is 0. The molecule has 0 saturated carbocycles. The first-order valence-electron chi connectivity index (χ1n) is 6.29. The molecule has 0 aliphatic rings. The van der Waals surface area contributed by atoms with Crippen LogP contribution in [-0.4, -0.2) is 7.05 Å². The Hall–Kier alpha value is -1.78. The van der Waals surface area contributed by atoms with Crippen molar-refractivity contribution in [3.8, 4) is 0 Å². The second-order valence-corrected chi connectivity index (χ2v) is 5.46. The van der Waals surface area contributed by atoms with Crippen LogP contribution < -0.4 is 5.32 Å². The molecule has 102 valence electrons. The third-order valence-corrected chi connectivity index (χ3v) is 4.38. The molecule has 20 heavy (non-hydrogen) atoms. The summed E-state index contributed by atoms with van der Waals surface area (Å²) >= 11 is 1.58. The number of rotatable bonds is 3. The van der Waals surface area contributed by atoms with E-state index < -0.39 is 17.7 Å². The minimum absolute atomic E-state index is 0.0656. The van der Waals surface area contributed by atoms with Gasteiger partial charge in [-0.15, -0.1) is 11.3 Å². The molecule has 3 aromatic rings. The molecule has 0 spiro atoms. The predicted octanol–water partition coefficient (Wildman–Crippen LogP) is 4.49. The number of hydrogen-bond donors (Lipinski definition) is 1. The SMILES string of the molecule is CNC(c1c(F)cccc1F)c1cccc2ccsc12. The molecular formula is C16H13F2NS. The molecule has 0 aliphatic heterocycles. The standard InChI is InChI=1S/C16H13F2NS/c1-19-15(14-12(17)6-3-7-13(14)18)11-5-2-4-10-8-9-20-16(10)11/h2-9,15,19H,1H3. The maximum atomic E-state index is 14.0.